The molecule has 0 fully saturated rings. The number of rotatable bonds is 13. The molecule has 4 aromatic carbocycles. The Hall–Kier alpha value is -4.26. The molecule has 0 saturated heterocycles. The van der Waals surface area contributed by atoms with Crippen LogP contribution in [0.4, 0.5) is 28.4 Å². The molecule has 0 spiro atoms. The van der Waals surface area contributed by atoms with E-state index in [-0.39, 0.29) is 5.41 Å². The third-order valence-corrected chi connectivity index (χ3v) is 9.31. The van der Waals surface area contributed by atoms with Gasteiger partial charge in [0.1, 0.15) is 0 Å². The largest absolute Gasteiger partial charge is 0.311 e. The lowest BCUT2D eigenvalue weighted by atomic mass is 9.78. The van der Waals surface area contributed by atoms with E-state index >= 15 is 0 Å². The molecule has 1 unspecified atom stereocenters. The Kier molecular flexibility index (Phi) is 11.3. The molecule has 5 rings (SSSR count). The van der Waals surface area contributed by atoms with Crippen molar-refractivity contribution in [1.82, 2.24) is 0 Å². The Bertz CT molecular complexity index is 1670. The van der Waals surface area contributed by atoms with Crippen molar-refractivity contribution in [3.63, 3.8) is 0 Å². The van der Waals surface area contributed by atoms with E-state index in [4.69, 9.17) is 0 Å². The molecule has 0 saturated carbocycles. The molecule has 244 valence electrons. The lowest BCUT2D eigenvalue weighted by Gasteiger charge is -2.32. The number of allylic oxidation sites excluding steroid dienone is 2. The van der Waals surface area contributed by atoms with Gasteiger partial charge in [0.25, 0.3) is 0 Å². The number of hydrogen-bond donors (Lipinski definition) is 0. The molecule has 2 nitrogen and oxygen atoms in total. The lowest BCUT2D eigenvalue weighted by Crippen LogP contribution is -2.21. The number of hydrogen-bond acceptors (Lipinski definition) is 2. The van der Waals surface area contributed by atoms with Gasteiger partial charge in [0.05, 0.1) is 5.70 Å². The van der Waals surface area contributed by atoms with Crippen LogP contribution in [-0.2, 0) is 19.3 Å². The third-order valence-electron chi connectivity index (χ3n) is 9.31. The van der Waals surface area contributed by atoms with Crippen molar-refractivity contribution in [1.29, 1.82) is 0 Å². The summed E-state index contributed by atoms with van der Waals surface area (Å²) in [4.78, 5) is 4.76. The minimum Gasteiger partial charge on any atom is -0.311 e. The normalized spacial score (nSPS) is 14.5. The van der Waals surface area contributed by atoms with Crippen molar-refractivity contribution in [2.45, 2.75) is 93.4 Å². The zero-order valence-corrected chi connectivity index (χ0v) is 29.8. The molecular formula is C45H54N2. The Morgan fingerprint density at radius 3 is 1.30 bits per heavy atom. The highest BCUT2D eigenvalue weighted by molar-refractivity contribution is 5.79. The fraction of sp³-hybridized carbons (Fsp3) is 0.356. The second-order valence-electron chi connectivity index (χ2n) is 14.1. The smallest absolute Gasteiger partial charge is 0.0504 e. The van der Waals surface area contributed by atoms with E-state index in [9.17, 15) is 0 Å². The average molecular weight is 623 g/mol. The first kappa shape index (κ1) is 34.1. The summed E-state index contributed by atoms with van der Waals surface area (Å²) in [7, 11) is 0. The fourth-order valence-electron chi connectivity index (χ4n) is 6.62. The summed E-state index contributed by atoms with van der Waals surface area (Å²) in [6, 6.07) is 36.4. The van der Waals surface area contributed by atoms with Gasteiger partial charge in [-0.3, -0.25) is 0 Å². The minimum atomic E-state index is 0.0817. The quantitative estimate of drug-likeness (QED) is 0.137. The molecule has 0 amide bonds. The highest BCUT2D eigenvalue weighted by Gasteiger charge is 2.25. The van der Waals surface area contributed by atoms with Gasteiger partial charge in [-0.2, -0.15) is 0 Å². The number of unbranched alkanes of at least 4 members (excludes halogenated alkanes) is 2. The molecule has 4 aromatic rings. The molecule has 0 N–H and O–H groups in total. The van der Waals surface area contributed by atoms with Crippen LogP contribution in [0.5, 0.6) is 0 Å². The van der Waals surface area contributed by atoms with Crippen molar-refractivity contribution in [2.75, 3.05) is 9.80 Å². The van der Waals surface area contributed by atoms with Crippen molar-refractivity contribution in [3.8, 4) is 0 Å². The highest BCUT2D eigenvalue weighted by atomic mass is 15.2. The molecule has 0 bridgehead atoms. The molecule has 47 heavy (non-hydrogen) atoms. The van der Waals surface area contributed by atoms with Gasteiger partial charge >= 0.3 is 0 Å². The standard InChI is InChI=1S/C45H54N2/c1-8-11-13-36-17-23-39(24-18-36)46(38-21-15-35(10-3)16-22-38)41-27-29-42(30-28-41)47(40-25-19-37(20-26-40)14-12-9-2)43-31-32-44(34(4)33-43)45(5,6)7/h15-31,33-34H,8-14H2,1-7H3. The Balaban J connectivity index is 1.55. The Morgan fingerprint density at radius 2 is 0.936 bits per heavy atom. The molecule has 2 heteroatoms. The first-order valence-corrected chi connectivity index (χ1v) is 17.9. The molecule has 1 atom stereocenters. The van der Waals surface area contributed by atoms with E-state index in [0.29, 0.717) is 5.92 Å². The van der Waals surface area contributed by atoms with Gasteiger partial charge in [-0.05, 0) is 120 Å². The van der Waals surface area contributed by atoms with E-state index in [1.165, 1.54) is 65.0 Å². The summed E-state index contributed by atoms with van der Waals surface area (Å²) < 4.78 is 0. The van der Waals surface area contributed by atoms with Gasteiger partial charge in [0.2, 0.25) is 0 Å². The number of aryl methyl sites for hydroxylation is 3. The predicted octanol–water partition coefficient (Wildman–Crippen LogP) is 13.2. The summed E-state index contributed by atoms with van der Waals surface area (Å²) in [5.74, 6) is 0.308. The van der Waals surface area contributed by atoms with E-state index < -0.39 is 0 Å². The third kappa shape index (κ3) is 8.37. The number of nitrogens with zero attached hydrogens (tertiary/aromatic N) is 2. The van der Waals surface area contributed by atoms with Crippen LogP contribution in [-0.4, -0.2) is 0 Å². The average Bonchev–Trinajstić information content (AvgIpc) is 3.08. The van der Waals surface area contributed by atoms with E-state index in [1.54, 1.807) is 0 Å². The van der Waals surface area contributed by atoms with E-state index in [0.717, 1.165) is 36.3 Å². The van der Waals surface area contributed by atoms with Gasteiger partial charge in [0, 0.05) is 40.4 Å². The van der Waals surface area contributed by atoms with Crippen LogP contribution >= 0.6 is 0 Å². The van der Waals surface area contributed by atoms with Gasteiger partial charge in [-0.25, -0.2) is 0 Å². The zero-order chi connectivity index (χ0) is 33.4. The number of benzene rings is 4. The molecule has 0 heterocycles. The van der Waals surface area contributed by atoms with Crippen LogP contribution in [0.1, 0.15) is 90.8 Å². The van der Waals surface area contributed by atoms with Crippen LogP contribution < -0.4 is 9.80 Å². The molecule has 0 aliphatic heterocycles. The SMILES string of the molecule is CCCCc1ccc(N(C2=CC(C)C(C(C)(C)C)=C=C2)c2ccc(N(c3ccc(CC)cc3)c3ccc(CCCC)cc3)cc2)cc1. The zero-order valence-electron chi connectivity index (χ0n) is 29.8. The monoisotopic (exact) mass is 622 g/mol. The molecule has 0 radical (unpaired) electrons. The van der Waals surface area contributed by atoms with Gasteiger partial charge in [-0.1, -0.05) is 104 Å². The first-order chi connectivity index (χ1) is 22.7. The van der Waals surface area contributed by atoms with Gasteiger partial charge in [0.15, 0.2) is 0 Å². The summed E-state index contributed by atoms with van der Waals surface area (Å²) in [6.07, 6.45) is 12.7. The van der Waals surface area contributed by atoms with Crippen LogP contribution in [0.3, 0.4) is 0 Å². The molecular weight excluding hydrogens is 569 g/mol. The van der Waals surface area contributed by atoms with Crippen LogP contribution in [0.25, 0.3) is 0 Å². The van der Waals surface area contributed by atoms with Crippen molar-refractivity contribution < 1.29 is 0 Å². The highest BCUT2D eigenvalue weighted by Crippen LogP contribution is 2.40. The fourth-order valence-corrected chi connectivity index (χ4v) is 6.62. The molecule has 1 aliphatic carbocycles. The summed E-state index contributed by atoms with van der Waals surface area (Å²) >= 11 is 0. The van der Waals surface area contributed by atoms with E-state index in [2.05, 4.69) is 173 Å². The maximum atomic E-state index is 3.69. The number of anilines is 5. The van der Waals surface area contributed by atoms with Crippen molar-refractivity contribution in [3.05, 3.63) is 143 Å². The molecule has 0 aromatic heterocycles. The topological polar surface area (TPSA) is 6.48 Å². The summed E-state index contributed by atoms with van der Waals surface area (Å²) in [6.45, 7) is 15.9. The first-order valence-electron chi connectivity index (χ1n) is 17.9. The summed E-state index contributed by atoms with van der Waals surface area (Å²) in [5, 5.41) is 0. The second kappa shape index (κ2) is 15.6. The Morgan fingerprint density at radius 1 is 0.553 bits per heavy atom. The Labute approximate surface area is 285 Å². The predicted molar refractivity (Wildman–Crippen MR) is 205 cm³/mol. The maximum absolute atomic E-state index is 3.69. The molecule has 1 aliphatic rings. The van der Waals surface area contributed by atoms with E-state index in [1.807, 2.05) is 0 Å². The van der Waals surface area contributed by atoms with Crippen molar-refractivity contribution >= 4 is 28.4 Å². The maximum Gasteiger partial charge on any atom is 0.0504 e. The van der Waals surface area contributed by atoms with Gasteiger partial charge < -0.3 is 9.80 Å². The van der Waals surface area contributed by atoms with Crippen molar-refractivity contribution in [2.24, 2.45) is 11.3 Å². The lowest BCUT2D eigenvalue weighted by molar-refractivity contribution is 0.461. The van der Waals surface area contributed by atoms with Gasteiger partial charge in [-0.15, -0.1) is 5.73 Å². The second-order valence-corrected chi connectivity index (χ2v) is 14.1. The van der Waals surface area contributed by atoms with Crippen LogP contribution in [0, 0.1) is 11.3 Å². The van der Waals surface area contributed by atoms with Crippen LogP contribution in [0.2, 0.25) is 0 Å². The minimum absolute atomic E-state index is 0.0817. The summed E-state index contributed by atoms with van der Waals surface area (Å²) in [5.41, 5.74) is 16.2. The van der Waals surface area contributed by atoms with Crippen LogP contribution in [0.15, 0.2) is 126 Å².